The van der Waals surface area contributed by atoms with E-state index in [0.717, 1.165) is 24.0 Å². The zero-order valence-electron chi connectivity index (χ0n) is 11.4. The largest absolute Gasteiger partial charge is 0.371 e. The first-order valence-electron chi connectivity index (χ1n) is 6.98. The molecule has 1 aliphatic rings. The van der Waals surface area contributed by atoms with Gasteiger partial charge in [-0.1, -0.05) is 37.9 Å². The van der Waals surface area contributed by atoms with Crippen LogP contribution in [0.3, 0.4) is 0 Å². The highest BCUT2D eigenvalue weighted by atomic mass is 35.5. The summed E-state index contributed by atoms with van der Waals surface area (Å²) in [4.78, 5) is 2.46. The second-order valence-corrected chi connectivity index (χ2v) is 5.47. The Labute approximate surface area is 115 Å². The normalized spacial score (nSPS) is 19.5. The van der Waals surface area contributed by atoms with Crippen LogP contribution in [0, 0.1) is 5.92 Å². The fourth-order valence-corrected chi connectivity index (χ4v) is 2.78. The maximum Gasteiger partial charge on any atom is 0.0471 e. The highest BCUT2D eigenvalue weighted by Gasteiger charge is 2.21. The van der Waals surface area contributed by atoms with Gasteiger partial charge in [0.05, 0.1) is 0 Å². The highest BCUT2D eigenvalue weighted by molar-refractivity contribution is 6.31. The molecule has 1 aromatic carbocycles. The Bertz CT molecular complexity index is 392. The molecule has 100 valence electrons. The Morgan fingerprint density at radius 1 is 1.39 bits per heavy atom. The number of halogens is 1. The number of nitrogens with one attached hydrogen (secondary N) is 1. The van der Waals surface area contributed by atoms with Crippen LogP contribution in [0.2, 0.25) is 5.02 Å². The topological polar surface area (TPSA) is 15.3 Å². The number of benzene rings is 1. The maximum absolute atomic E-state index is 6.35. The van der Waals surface area contributed by atoms with Crippen molar-refractivity contribution in [3.05, 3.63) is 28.8 Å². The Morgan fingerprint density at radius 3 is 2.83 bits per heavy atom. The Balaban J connectivity index is 2.04. The van der Waals surface area contributed by atoms with Crippen molar-refractivity contribution in [3.63, 3.8) is 0 Å². The molecule has 18 heavy (non-hydrogen) atoms. The van der Waals surface area contributed by atoms with Gasteiger partial charge in [-0.05, 0) is 36.6 Å². The SMILES string of the molecule is CCNCc1ccc(N2CCC(CC)C2)cc1Cl. The van der Waals surface area contributed by atoms with Crippen molar-refractivity contribution in [1.82, 2.24) is 5.32 Å². The summed E-state index contributed by atoms with van der Waals surface area (Å²) in [5.74, 6) is 0.852. The average Bonchev–Trinajstić information content (AvgIpc) is 2.86. The predicted molar refractivity (Wildman–Crippen MR) is 79.4 cm³/mol. The molecule has 0 amide bonds. The molecule has 2 nitrogen and oxygen atoms in total. The lowest BCUT2D eigenvalue weighted by molar-refractivity contribution is 0.569. The van der Waals surface area contributed by atoms with Gasteiger partial charge in [-0.25, -0.2) is 0 Å². The quantitative estimate of drug-likeness (QED) is 0.875. The standard InChI is InChI=1S/C15H23ClN2/c1-3-12-7-8-18(11-12)14-6-5-13(10-17-4-2)15(16)9-14/h5-6,9,12,17H,3-4,7-8,10-11H2,1-2H3. The van der Waals surface area contributed by atoms with E-state index in [1.54, 1.807) is 0 Å². The minimum absolute atomic E-state index is 0.852. The van der Waals surface area contributed by atoms with Gasteiger partial charge in [0.2, 0.25) is 0 Å². The molecule has 0 aromatic heterocycles. The maximum atomic E-state index is 6.35. The van der Waals surface area contributed by atoms with Gasteiger partial charge < -0.3 is 10.2 Å². The van der Waals surface area contributed by atoms with Crippen molar-refractivity contribution in [2.75, 3.05) is 24.5 Å². The third kappa shape index (κ3) is 3.18. The average molecular weight is 267 g/mol. The number of hydrogen-bond acceptors (Lipinski definition) is 2. The van der Waals surface area contributed by atoms with Gasteiger partial charge in [0.25, 0.3) is 0 Å². The summed E-state index contributed by atoms with van der Waals surface area (Å²) >= 11 is 6.35. The van der Waals surface area contributed by atoms with Crippen LogP contribution in [0.15, 0.2) is 18.2 Å². The van der Waals surface area contributed by atoms with Gasteiger partial charge >= 0.3 is 0 Å². The second kappa shape index (κ2) is 6.44. The number of rotatable bonds is 5. The molecule has 1 atom stereocenters. The van der Waals surface area contributed by atoms with Crippen LogP contribution in [0.5, 0.6) is 0 Å². The first kappa shape index (κ1) is 13.7. The summed E-state index contributed by atoms with van der Waals surface area (Å²) < 4.78 is 0. The molecule has 0 aliphatic carbocycles. The van der Waals surface area contributed by atoms with Gasteiger partial charge in [0.15, 0.2) is 0 Å². The van der Waals surface area contributed by atoms with Crippen LogP contribution in [0.1, 0.15) is 32.3 Å². The van der Waals surface area contributed by atoms with Gasteiger partial charge in [-0.15, -0.1) is 0 Å². The smallest absolute Gasteiger partial charge is 0.0471 e. The molecule has 1 heterocycles. The molecule has 1 aliphatic heterocycles. The Kier molecular flexibility index (Phi) is 4.90. The van der Waals surface area contributed by atoms with Crippen molar-refractivity contribution < 1.29 is 0 Å². The summed E-state index contributed by atoms with van der Waals surface area (Å²) in [5.41, 5.74) is 2.46. The summed E-state index contributed by atoms with van der Waals surface area (Å²) in [5, 5.41) is 4.20. The van der Waals surface area contributed by atoms with E-state index >= 15 is 0 Å². The van der Waals surface area contributed by atoms with Crippen LogP contribution in [-0.4, -0.2) is 19.6 Å². The van der Waals surface area contributed by atoms with Crippen molar-refractivity contribution in [2.24, 2.45) is 5.92 Å². The molecule has 1 N–H and O–H groups in total. The van der Waals surface area contributed by atoms with Crippen LogP contribution >= 0.6 is 11.6 Å². The number of anilines is 1. The lowest BCUT2D eigenvalue weighted by atomic mass is 10.1. The molecular formula is C15H23ClN2. The highest BCUT2D eigenvalue weighted by Crippen LogP contribution is 2.29. The summed E-state index contributed by atoms with van der Waals surface area (Å²) in [7, 11) is 0. The van der Waals surface area contributed by atoms with Crippen LogP contribution in [0.4, 0.5) is 5.69 Å². The van der Waals surface area contributed by atoms with Crippen molar-refractivity contribution >= 4 is 17.3 Å². The third-order valence-corrected chi connectivity index (χ3v) is 4.18. The van der Waals surface area contributed by atoms with Gasteiger partial charge in [-0.3, -0.25) is 0 Å². The van der Waals surface area contributed by atoms with E-state index in [2.05, 4.69) is 42.3 Å². The van der Waals surface area contributed by atoms with E-state index in [9.17, 15) is 0 Å². The molecule has 3 heteroatoms. The van der Waals surface area contributed by atoms with Gasteiger partial charge in [0, 0.05) is 30.3 Å². The van der Waals surface area contributed by atoms with Gasteiger partial charge in [0.1, 0.15) is 0 Å². The minimum atomic E-state index is 0.852. The van der Waals surface area contributed by atoms with Crippen LogP contribution in [-0.2, 0) is 6.54 Å². The van der Waals surface area contributed by atoms with E-state index in [-0.39, 0.29) is 0 Å². The fraction of sp³-hybridized carbons (Fsp3) is 0.600. The zero-order chi connectivity index (χ0) is 13.0. The fourth-order valence-electron chi connectivity index (χ4n) is 2.54. The number of nitrogens with zero attached hydrogens (tertiary/aromatic N) is 1. The molecule has 0 radical (unpaired) electrons. The van der Waals surface area contributed by atoms with E-state index in [1.165, 1.54) is 37.2 Å². The Morgan fingerprint density at radius 2 is 2.22 bits per heavy atom. The lowest BCUT2D eigenvalue weighted by Gasteiger charge is -2.19. The van der Waals surface area contributed by atoms with E-state index < -0.39 is 0 Å². The van der Waals surface area contributed by atoms with E-state index in [0.29, 0.717) is 0 Å². The first-order valence-corrected chi connectivity index (χ1v) is 7.36. The molecule has 1 saturated heterocycles. The van der Waals surface area contributed by atoms with Gasteiger partial charge in [-0.2, -0.15) is 0 Å². The van der Waals surface area contributed by atoms with Crippen molar-refractivity contribution in [1.29, 1.82) is 0 Å². The molecule has 2 rings (SSSR count). The second-order valence-electron chi connectivity index (χ2n) is 5.07. The van der Waals surface area contributed by atoms with E-state index in [1.807, 2.05) is 0 Å². The first-order chi connectivity index (χ1) is 8.74. The lowest BCUT2D eigenvalue weighted by Crippen LogP contribution is -2.19. The molecule has 0 spiro atoms. The zero-order valence-corrected chi connectivity index (χ0v) is 12.1. The predicted octanol–water partition coefficient (Wildman–Crippen LogP) is 3.69. The molecule has 1 fully saturated rings. The third-order valence-electron chi connectivity index (χ3n) is 3.83. The summed E-state index contributed by atoms with van der Waals surface area (Å²) in [6, 6.07) is 6.47. The monoisotopic (exact) mass is 266 g/mol. The molecule has 0 bridgehead atoms. The van der Waals surface area contributed by atoms with E-state index in [4.69, 9.17) is 11.6 Å². The Hall–Kier alpha value is -0.730. The molecule has 1 unspecified atom stereocenters. The summed E-state index contributed by atoms with van der Waals surface area (Å²) in [6.45, 7) is 8.56. The van der Waals surface area contributed by atoms with Crippen molar-refractivity contribution in [3.8, 4) is 0 Å². The molecule has 0 saturated carbocycles. The minimum Gasteiger partial charge on any atom is -0.371 e. The summed E-state index contributed by atoms with van der Waals surface area (Å²) in [6.07, 6.45) is 2.59. The molecular weight excluding hydrogens is 244 g/mol. The van der Waals surface area contributed by atoms with Crippen LogP contribution in [0.25, 0.3) is 0 Å². The van der Waals surface area contributed by atoms with Crippen molar-refractivity contribution in [2.45, 2.75) is 33.2 Å². The molecule has 1 aromatic rings. The number of hydrogen-bond donors (Lipinski definition) is 1. The van der Waals surface area contributed by atoms with Crippen LogP contribution < -0.4 is 10.2 Å².